The Bertz CT molecular complexity index is 649. The summed E-state index contributed by atoms with van der Waals surface area (Å²) in [6, 6.07) is 12.6. The molecule has 0 aliphatic rings. The molecular weight excluding hydrogens is 304 g/mol. The number of aryl methyl sites for hydroxylation is 1. The van der Waals surface area contributed by atoms with Gasteiger partial charge in [-0.1, -0.05) is 18.2 Å². The van der Waals surface area contributed by atoms with Crippen molar-refractivity contribution in [2.24, 2.45) is 0 Å². The lowest BCUT2D eigenvalue weighted by molar-refractivity contribution is 0.0713. The zero-order valence-corrected chi connectivity index (χ0v) is 14.1. The highest BCUT2D eigenvalue weighted by Crippen LogP contribution is 2.14. The predicted octanol–water partition coefficient (Wildman–Crippen LogP) is 2.25. The van der Waals surface area contributed by atoms with E-state index in [4.69, 9.17) is 0 Å². The van der Waals surface area contributed by atoms with Crippen molar-refractivity contribution in [1.29, 1.82) is 0 Å². The third kappa shape index (κ3) is 5.76. The first-order chi connectivity index (χ1) is 11.3. The fourth-order valence-electron chi connectivity index (χ4n) is 2.24. The van der Waals surface area contributed by atoms with Crippen LogP contribution in [0.25, 0.3) is 0 Å². The van der Waals surface area contributed by atoms with E-state index in [0.29, 0.717) is 17.7 Å². The van der Waals surface area contributed by atoms with Crippen LogP contribution >= 0.6 is 0 Å². The van der Waals surface area contributed by atoms with Crippen LogP contribution in [0, 0.1) is 0 Å². The third-order valence-corrected chi connectivity index (χ3v) is 3.73. The molecule has 128 valence electrons. The minimum atomic E-state index is -0.832. The Morgan fingerprint density at radius 2 is 1.92 bits per heavy atom. The molecule has 2 rings (SSSR count). The van der Waals surface area contributed by atoms with E-state index < -0.39 is 11.7 Å². The molecule has 2 aromatic rings. The zero-order valence-electron chi connectivity index (χ0n) is 14.1. The van der Waals surface area contributed by atoms with Gasteiger partial charge in [0.1, 0.15) is 6.10 Å². The van der Waals surface area contributed by atoms with E-state index in [1.807, 2.05) is 12.1 Å². The monoisotopic (exact) mass is 328 g/mol. The number of rotatable bonds is 7. The number of aliphatic hydroxyl groups excluding tert-OH is 1. The first-order valence-corrected chi connectivity index (χ1v) is 8.04. The summed E-state index contributed by atoms with van der Waals surface area (Å²) >= 11 is 0. The molecule has 0 fully saturated rings. The predicted molar refractivity (Wildman–Crippen MR) is 92.6 cm³/mol. The van der Waals surface area contributed by atoms with Crippen molar-refractivity contribution in [2.45, 2.75) is 38.4 Å². The molecule has 0 spiro atoms. The summed E-state index contributed by atoms with van der Waals surface area (Å²) in [7, 11) is 0. The third-order valence-electron chi connectivity index (χ3n) is 3.73. The Morgan fingerprint density at radius 3 is 2.50 bits per heavy atom. The van der Waals surface area contributed by atoms with Crippen molar-refractivity contribution in [3.05, 3.63) is 65.5 Å². The van der Waals surface area contributed by atoms with Crippen LogP contribution in [0.2, 0.25) is 0 Å². The van der Waals surface area contributed by atoms with E-state index in [-0.39, 0.29) is 12.5 Å². The van der Waals surface area contributed by atoms with E-state index >= 15 is 0 Å². The maximum atomic E-state index is 12.1. The molecule has 0 aliphatic heterocycles. The van der Waals surface area contributed by atoms with Crippen LogP contribution in [0.15, 0.2) is 48.7 Å². The van der Waals surface area contributed by atoms with Gasteiger partial charge >= 0.3 is 0 Å². The first kappa shape index (κ1) is 18.1. The lowest BCUT2D eigenvalue weighted by atomic mass is 9.98. The Labute approximate surface area is 142 Å². The van der Waals surface area contributed by atoms with Crippen LogP contribution in [0.4, 0.5) is 0 Å². The summed E-state index contributed by atoms with van der Waals surface area (Å²) in [5.74, 6) is -0.237. The van der Waals surface area contributed by atoms with Crippen molar-refractivity contribution in [3.8, 4) is 0 Å². The number of pyridine rings is 1. The minimum Gasteiger partial charge on any atom is -0.390 e. The number of carbonyl (C=O) groups excluding carboxylic acids is 1. The van der Waals surface area contributed by atoms with Crippen molar-refractivity contribution in [1.82, 2.24) is 10.3 Å². The molecule has 1 heterocycles. The van der Waals surface area contributed by atoms with E-state index in [2.05, 4.69) is 10.3 Å². The van der Waals surface area contributed by atoms with Crippen LogP contribution < -0.4 is 5.32 Å². The lowest BCUT2D eigenvalue weighted by Crippen LogP contribution is -2.28. The number of amides is 1. The smallest absolute Gasteiger partial charge is 0.251 e. The van der Waals surface area contributed by atoms with E-state index in [1.165, 1.54) is 0 Å². The van der Waals surface area contributed by atoms with Crippen molar-refractivity contribution in [3.63, 3.8) is 0 Å². The Morgan fingerprint density at radius 1 is 1.21 bits per heavy atom. The van der Waals surface area contributed by atoms with Gasteiger partial charge in [0.05, 0.1) is 11.3 Å². The van der Waals surface area contributed by atoms with E-state index in [1.54, 1.807) is 50.4 Å². The molecular formula is C19H24N2O3. The summed E-state index contributed by atoms with van der Waals surface area (Å²) in [4.78, 5) is 16.2. The van der Waals surface area contributed by atoms with Gasteiger partial charge in [0.15, 0.2) is 0 Å². The number of carbonyl (C=O) groups is 1. The Kier molecular flexibility index (Phi) is 6.06. The number of benzene rings is 1. The van der Waals surface area contributed by atoms with Gasteiger partial charge in [0, 0.05) is 18.3 Å². The largest absolute Gasteiger partial charge is 0.390 e. The highest BCUT2D eigenvalue weighted by Gasteiger charge is 2.13. The van der Waals surface area contributed by atoms with Gasteiger partial charge in [-0.15, -0.1) is 0 Å². The van der Waals surface area contributed by atoms with Crippen LogP contribution in [0.1, 0.15) is 48.0 Å². The maximum Gasteiger partial charge on any atom is 0.251 e. The Balaban J connectivity index is 1.86. The van der Waals surface area contributed by atoms with Gasteiger partial charge < -0.3 is 15.5 Å². The van der Waals surface area contributed by atoms with E-state index in [0.717, 1.165) is 12.0 Å². The molecule has 1 aromatic carbocycles. The molecule has 5 nitrogen and oxygen atoms in total. The molecule has 3 N–H and O–H groups in total. The first-order valence-electron chi connectivity index (χ1n) is 8.04. The second-order valence-electron chi connectivity index (χ2n) is 6.49. The number of nitrogens with one attached hydrogen (secondary N) is 1. The summed E-state index contributed by atoms with van der Waals surface area (Å²) < 4.78 is 0. The topological polar surface area (TPSA) is 82.5 Å². The fourth-order valence-corrected chi connectivity index (χ4v) is 2.24. The summed E-state index contributed by atoms with van der Waals surface area (Å²) in [6.07, 6.45) is 2.19. The molecule has 0 bridgehead atoms. The van der Waals surface area contributed by atoms with Gasteiger partial charge in [-0.25, -0.2) is 0 Å². The molecule has 0 aliphatic carbocycles. The van der Waals surface area contributed by atoms with Gasteiger partial charge in [-0.3, -0.25) is 9.78 Å². The highest BCUT2D eigenvalue weighted by molar-refractivity contribution is 5.94. The van der Waals surface area contributed by atoms with Crippen LogP contribution in [0.5, 0.6) is 0 Å². The quantitative estimate of drug-likeness (QED) is 0.728. The van der Waals surface area contributed by atoms with Gasteiger partial charge in [0.2, 0.25) is 0 Å². The maximum absolute atomic E-state index is 12.1. The van der Waals surface area contributed by atoms with Crippen LogP contribution in [0.3, 0.4) is 0 Å². The van der Waals surface area contributed by atoms with Gasteiger partial charge in [-0.05, 0) is 56.5 Å². The van der Waals surface area contributed by atoms with Crippen molar-refractivity contribution in [2.75, 3.05) is 6.54 Å². The molecule has 1 amide bonds. The number of hydrogen-bond acceptors (Lipinski definition) is 4. The highest BCUT2D eigenvalue weighted by atomic mass is 16.3. The second-order valence-corrected chi connectivity index (χ2v) is 6.49. The Hall–Kier alpha value is -2.24. The molecule has 1 atom stereocenters. The van der Waals surface area contributed by atoms with Crippen molar-refractivity contribution >= 4 is 5.91 Å². The average molecular weight is 328 g/mol. The standard InChI is InChI=1S/C19H24N2O3/c1-19(2,24)11-10-14-6-8-15(9-7-14)18(23)21-13-17(22)16-5-3-4-12-20-16/h3-9,12,17,22,24H,10-11,13H2,1-2H3,(H,21,23). The normalized spacial score (nSPS) is 12.7. The van der Waals surface area contributed by atoms with Gasteiger partial charge in [0.25, 0.3) is 5.91 Å². The molecule has 1 unspecified atom stereocenters. The summed E-state index contributed by atoms with van der Waals surface area (Å²) in [5.41, 5.74) is 1.44. The molecule has 1 aromatic heterocycles. The molecule has 0 saturated carbocycles. The van der Waals surface area contributed by atoms with E-state index in [9.17, 15) is 15.0 Å². The summed E-state index contributed by atoms with van der Waals surface area (Å²) in [6.45, 7) is 3.67. The van der Waals surface area contributed by atoms with Crippen molar-refractivity contribution < 1.29 is 15.0 Å². The number of hydrogen-bond donors (Lipinski definition) is 3. The number of aromatic nitrogens is 1. The lowest BCUT2D eigenvalue weighted by Gasteiger charge is -2.16. The summed E-state index contributed by atoms with van der Waals surface area (Å²) in [5, 5.41) is 22.5. The molecule has 0 radical (unpaired) electrons. The van der Waals surface area contributed by atoms with Crippen LogP contribution in [-0.4, -0.2) is 33.3 Å². The van der Waals surface area contributed by atoms with Crippen LogP contribution in [-0.2, 0) is 6.42 Å². The molecule has 0 saturated heterocycles. The zero-order chi connectivity index (χ0) is 17.6. The SMILES string of the molecule is CC(C)(O)CCc1ccc(C(=O)NCC(O)c2ccccn2)cc1. The van der Waals surface area contributed by atoms with Gasteiger partial charge in [-0.2, -0.15) is 0 Å². The fraction of sp³-hybridized carbons (Fsp3) is 0.368. The minimum absolute atomic E-state index is 0.107. The number of aliphatic hydroxyl groups is 2. The molecule has 5 heteroatoms. The molecule has 24 heavy (non-hydrogen) atoms. The average Bonchev–Trinajstić information content (AvgIpc) is 2.58. The number of nitrogens with zero attached hydrogens (tertiary/aromatic N) is 1. The second kappa shape index (κ2) is 8.04.